The molecule has 9 heteroatoms. The molecular formula is C28H29N3O6. The third-order valence-electron chi connectivity index (χ3n) is 6.06. The number of aromatic amines is 1. The van der Waals surface area contributed by atoms with Crippen molar-refractivity contribution < 1.29 is 28.5 Å². The molecule has 0 spiro atoms. The monoisotopic (exact) mass is 503 g/mol. The molecule has 1 aliphatic carbocycles. The Bertz CT molecular complexity index is 1270. The highest BCUT2D eigenvalue weighted by Gasteiger charge is 2.29. The summed E-state index contributed by atoms with van der Waals surface area (Å²) in [5, 5.41) is 3.00. The van der Waals surface area contributed by atoms with Gasteiger partial charge in [-0.05, 0) is 60.4 Å². The normalized spacial score (nSPS) is 17.5. The van der Waals surface area contributed by atoms with Crippen LogP contribution in [0.4, 0.5) is 0 Å². The fourth-order valence-corrected chi connectivity index (χ4v) is 4.28. The predicted molar refractivity (Wildman–Crippen MR) is 139 cm³/mol. The molecule has 0 bridgehead atoms. The van der Waals surface area contributed by atoms with Gasteiger partial charge < -0.3 is 29.2 Å². The second-order valence-electron chi connectivity index (χ2n) is 8.41. The maximum Gasteiger partial charge on any atom is 0.287 e. The van der Waals surface area contributed by atoms with Crippen molar-refractivity contribution in [2.24, 2.45) is 0 Å². The largest absolute Gasteiger partial charge is 0.493 e. The maximum atomic E-state index is 13.6. The van der Waals surface area contributed by atoms with Gasteiger partial charge in [0, 0.05) is 29.6 Å². The summed E-state index contributed by atoms with van der Waals surface area (Å²) in [6.45, 7) is 0. The number of Topliss-reactive ketones (excluding diaryl/α,β-unsaturated/α-hetero) is 1. The highest BCUT2D eigenvalue weighted by molar-refractivity contribution is 6.14. The lowest BCUT2D eigenvalue weighted by molar-refractivity contribution is -0.113. The molecule has 4 rings (SSSR count). The third kappa shape index (κ3) is 5.83. The maximum absolute atomic E-state index is 13.6. The molecule has 2 aromatic carbocycles. The SMILES string of the molecule is COc1ccc(/C=C2\CC(NC(=O)c3ncc[nH]3)C/C(=C\c3ccc(OC)c(OC)c3)C2=O)cc1OC. The second kappa shape index (κ2) is 11.5. The van der Waals surface area contributed by atoms with Crippen LogP contribution in [0.25, 0.3) is 12.2 Å². The lowest BCUT2D eigenvalue weighted by Gasteiger charge is -2.26. The number of ether oxygens (including phenoxy) is 4. The number of carbonyl (C=O) groups excluding carboxylic acids is 2. The summed E-state index contributed by atoms with van der Waals surface area (Å²) in [4.78, 5) is 33.1. The van der Waals surface area contributed by atoms with Crippen LogP contribution in [0.5, 0.6) is 23.0 Å². The van der Waals surface area contributed by atoms with Gasteiger partial charge in [0.25, 0.3) is 5.91 Å². The molecule has 1 aromatic heterocycles. The molecule has 3 aromatic rings. The second-order valence-corrected chi connectivity index (χ2v) is 8.41. The Hall–Kier alpha value is -4.53. The number of hydrogen-bond donors (Lipinski definition) is 2. The lowest BCUT2D eigenvalue weighted by Crippen LogP contribution is -2.39. The van der Waals surface area contributed by atoms with E-state index in [9.17, 15) is 9.59 Å². The molecule has 2 N–H and O–H groups in total. The van der Waals surface area contributed by atoms with Crippen LogP contribution in [-0.2, 0) is 4.79 Å². The van der Waals surface area contributed by atoms with Crippen molar-refractivity contribution in [1.82, 2.24) is 15.3 Å². The van der Waals surface area contributed by atoms with Crippen LogP contribution < -0.4 is 24.3 Å². The minimum Gasteiger partial charge on any atom is -0.493 e. The van der Waals surface area contributed by atoms with Gasteiger partial charge >= 0.3 is 0 Å². The first kappa shape index (κ1) is 25.6. The Morgan fingerprint density at radius 1 is 0.865 bits per heavy atom. The zero-order valence-corrected chi connectivity index (χ0v) is 21.2. The Kier molecular flexibility index (Phi) is 7.92. The molecular weight excluding hydrogens is 474 g/mol. The van der Waals surface area contributed by atoms with Crippen molar-refractivity contribution in [3.05, 3.63) is 76.9 Å². The molecule has 1 saturated carbocycles. The number of aromatic nitrogens is 2. The van der Waals surface area contributed by atoms with Gasteiger partial charge in [-0.25, -0.2) is 4.98 Å². The van der Waals surface area contributed by atoms with Gasteiger partial charge in [-0.1, -0.05) is 12.1 Å². The van der Waals surface area contributed by atoms with E-state index < -0.39 is 0 Å². The van der Waals surface area contributed by atoms with E-state index in [0.29, 0.717) is 47.0 Å². The summed E-state index contributed by atoms with van der Waals surface area (Å²) >= 11 is 0. The van der Waals surface area contributed by atoms with E-state index in [1.807, 2.05) is 36.4 Å². The molecule has 9 nitrogen and oxygen atoms in total. The van der Waals surface area contributed by atoms with Crippen LogP contribution in [0.1, 0.15) is 34.6 Å². The molecule has 192 valence electrons. The number of ketones is 1. The zero-order valence-electron chi connectivity index (χ0n) is 21.2. The van der Waals surface area contributed by atoms with Crippen molar-refractivity contribution in [3.8, 4) is 23.0 Å². The quantitative estimate of drug-likeness (QED) is 0.446. The summed E-state index contributed by atoms with van der Waals surface area (Å²) < 4.78 is 21.5. The van der Waals surface area contributed by atoms with E-state index >= 15 is 0 Å². The van der Waals surface area contributed by atoms with Crippen molar-refractivity contribution in [2.45, 2.75) is 18.9 Å². The Labute approximate surface area is 215 Å². The van der Waals surface area contributed by atoms with Crippen LogP contribution in [0.3, 0.4) is 0 Å². The topological polar surface area (TPSA) is 112 Å². The number of nitrogens with zero attached hydrogens (tertiary/aromatic N) is 1. The molecule has 0 aliphatic heterocycles. The Morgan fingerprint density at radius 3 is 1.81 bits per heavy atom. The zero-order chi connectivity index (χ0) is 26.4. The van der Waals surface area contributed by atoms with E-state index in [4.69, 9.17) is 18.9 Å². The van der Waals surface area contributed by atoms with Gasteiger partial charge in [0.15, 0.2) is 34.6 Å². The summed E-state index contributed by atoms with van der Waals surface area (Å²) in [6, 6.07) is 10.6. The van der Waals surface area contributed by atoms with Gasteiger partial charge in [0.2, 0.25) is 0 Å². The highest BCUT2D eigenvalue weighted by atomic mass is 16.5. The first-order valence-corrected chi connectivity index (χ1v) is 11.7. The fraction of sp³-hybridized carbons (Fsp3) is 0.250. The summed E-state index contributed by atoms with van der Waals surface area (Å²) in [7, 11) is 6.26. The van der Waals surface area contributed by atoms with Crippen LogP contribution in [0.2, 0.25) is 0 Å². The van der Waals surface area contributed by atoms with E-state index in [1.165, 1.54) is 6.20 Å². The fourth-order valence-electron chi connectivity index (χ4n) is 4.28. The van der Waals surface area contributed by atoms with Gasteiger partial charge in [-0.2, -0.15) is 0 Å². The first-order valence-electron chi connectivity index (χ1n) is 11.7. The van der Waals surface area contributed by atoms with E-state index in [0.717, 1.165) is 11.1 Å². The number of nitrogens with one attached hydrogen (secondary N) is 2. The van der Waals surface area contributed by atoms with Crippen LogP contribution >= 0.6 is 0 Å². The molecule has 1 amide bonds. The van der Waals surface area contributed by atoms with Gasteiger partial charge in [0.1, 0.15) is 0 Å². The lowest BCUT2D eigenvalue weighted by atomic mass is 9.83. The van der Waals surface area contributed by atoms with Crippen LogP contribution in [0, 0.1) is 0 Å². The Morgan fingerprint density at radius 2 is 1.38 bits per heavy atom. The standard InChI is InChI=1S/C28H29N3O6/c1-34-22-7-5-17(13-24(22)36-3)11-19-15-21(31-28(33)27-29-9-10-30-27)16-20(26(19)32)12-18-6-8-23(35-2)25(14-18)37-4/h5-14,21H,15-16H2,1-4H3,(H,29,30)(H,31,33)/b19-11+,20-12+. The molecule has 1 fully saturated rings. The van der Waals surface area contributed by atoms with Gasteiger partial charge in [-0.3, -0.25) is 9.59 Å². The van der Waals surface area contributed by atoms with Crippen molar-refractivity contribution >= 4 is 23.8 Å². The molecule has 0 unspecified atom stereocenters. The molecule has 37 heavy (non-hydrogen) atoms. The Balaban J connectivity index is 1.70. The van der Waals surface area contributed by atoms with Gasteiger partial charge in [-0.15, -0.1) is 0 Å². The highest BCUT2D eigenvalue weighted by Crippen LogP contribution is 2.33. The van der Waals surface area contributed by atoms with Crippen molar-refractivity contribution in [2.75, 3.05) is 28.4 Å². The van der Waals surface area contributed by atoms with Crippen LogP contribution in [0.15, 0.2) is 59.9 Å². The van der Waals surface area contributed by atoms with Crippen LogP contribution in [-0.4, -0.2) is 56.1 Å². The number of amides is 1. The number of imidazole rings is 1. The molecule has 0 radical (unpaired) electrons. The molecule has 0 atom stereocenters. The summed E-state index contributed by atoms with van der Waals surface area (Å²) in [5.74, 6) is 2.10. The average Bonchev–Trinajstić information content (AvgIpc) is 3.46. The third-order valence-corrected chi connectivity index (χ3v) is 6.06. The smallest absolute Gasteiger partial charge is 0.287 e. The minimum absolute atomic E-state index is 0.0898. The van der Waals surface area contributed by atoms with Crippen molar-refractivity contribution in [3.63, 3.8) is 0 Å². The first-order chi connectivity index (χ1) is 17.9. The van der Waals surface area contributed by atoms with E-state index in [1.54, 1.807) is 46.8 Å². The minimum atomic E-state index is -0.333. The van der Waals surface area contributed by atoms with Crippen molar-refractivity contribution in [1.29, 1.82) is 0 Å². The van der Waals surface area contributed by atoms with E-state index in [2.05, 4.69) is 15.3 Å². The predicted octanol–water partition coefficient (Wildman–Crippen LogP) is 4.07. The number of hydrogen-bond acceptors (Lipinski definition) is 7. The van der Waals surface area contributed by atoms with Gasteiger partial charge in [0.05, 0.1) is 28.4 Å². The average molecular weight is 504 g/mol. The molecule has 0 saturated heterocycles. The summed E-state index contributed by atoms with van der Waals surface area (Å²) in [5.41, 5.74) is 2.69. The number of H-pyrrole nitrogens is 1. The number of carbonyl (C=O) groups is 2. The number of rotatable bonds is 8. The summed E-state index contributed by atoms with van der Waals surface area (Å²) in [6.07, 6.45) is 7.47. The van der Waals surface area contributed by atoms with E-state index in [-0.39, 0.29) is 23.6 Å². The molecule has 1 heterocycles. The number of methoxy groups -OCH3 is 4. The molecule has 1 aliphatic rings. The number of benzene rings is 2.